The van der Waals surface area contributed by atoms with E-state index in [1.165, 1.54) is 5.56 Å². The molecule has 0 unspecified atom stereocenters. The van der Waals surface area contributed by atoms with E-state index in [0.29, 0.717) is 3.53 Å². The van der Waals surface area contributed by atoms with Crippen LogP contribution < -0.4 is 0 Å². The molecule has 0 heterocycles. The van der Waals surface area contributed by atoms with Gasteiger partial charge in [0.05, 0.1) is 0 Å². The van der Waals surface area contributed by atoms with Gasteiger partial charge in [-0.2, -0.15) is 0 Å². The fourth-order valence-electron chi connectivity index (χ4n) is 0.955. The van der Waals surface area contributed by atoms with Crippen molar-refractivity contribution in [3.63, 3.8) is 0 Å². The fraction of sp³-hybridized carbons (Fsp3) is 0.100. The molecule has 0 amide bonds. The SMILES string of the molecule is C=Cc1cccc(CSC(=S)S)c1. The van der Waals surface area contributed by atoms with Crippen molar-refractivity contribution in [1.29, 1.82) is 0 Å². The quantitative estimate of drug-likeness (QED) is 0.615. The van der Waals surface area contributed by atoms with E-state index in [1.807, 2.05) is 18.2 Å². The van der Waals surface area contributed by atoms with E-state index in [2.05, 4.69) is 31.3 Å². The molecule has 0 fully saturated rings. The van der Waals surface area contributed by atoms with Crippen molar-refractivity contribution in [1.82, 2.24) is 0 Å². The van der Waals surface area contributed by atoms with Crippen LogP contribution in [0.3, 0.4) is 0 Å². The highest BCUT2D eigenvalue weighted by Crippen LogP contribution is 2.17. The van der Waals surface area contributed by atoms with Gasteiger partial charge in [-0.05, 0) is 11.1 Å². The first-order chi connectivity index (χ1) is 6.22. The van der Waals surface area contributed by atoms with Crippen LogP contribution in [0.2, 0.25) is 0 Å². The summed E-state index contributed by atoms with van der Waals surface area (Å²) in [6, 6.07) is 8.23. The summed E-state index contributed by atoms with van der Waals surface area (Å²) >= 11 is 10.5. The van der Waals surface area contributed by atoms with Crippen LogP contribution in [0.4, 0.5) is 0 Å². The van der Waals surface area contributed by atoms with Crippen molar-refractivity contribution in [3.05, 3.63) is 42.0 Å². The molecule has 3 heteroatoms. The van der Waals surface area contributed by atoms with Crippen molar-refractivity contribution in [3.8, 4) is 0 Å². The summed E-state index contributed by atoms with van der Waals surface area (Å²) in [4.78, 5) is 0. The van der Waals surface area contributed by atoms with E-state index in [4.69, 9.17) is 12.2 Å². The average Bonchev–Trinajstić information content (AvgIpc) is 2.15. The monoisotopic (exact) mass is 226 g/mol. The molecule has 0 aliphatic carbocycles. The lowest BCUT2D eigenvalue weighted by Crippen LogP contribution is -1.83. The maximum absolute atomic E-state index is 4.86. The van der Waals surface area contributed by atoms with E-state index < -0.39 is 0 Å². The Kier molecular flexibility index (Phi) is 4.56. The van der Waals surface area contributed by atoms with Gasteiger partial charge in [-0.25, -0.2) is 0 Å². The van der Waals surface area contributed by atoms with Gasteiger partial charge in [-0.1, -0.05) is 49.1 Å². The smallest absolute Gasteiger partial charge is 0.101 e. The maximum atomic E-state index is 4.86. The van der Waals surface area contributed by atoms with Gasteiger partial charge in [0.2, 0.25) is 0 Å². The van der Waals surface area contributed by atoms with Crippen LogP contribution >= 0.6 is 36.6 Å². The van der Waals surface area contributed by atoms with Crippen LogP contribution in [-0.4, -0.2) is 3.53 Å². The molecule has 0 radical (unpaired) electrons. The van der Waals surface area contributed by atoms with Gasteiger partial charge >= 0.3 is 0 Å². The van der Waals surface area contributed by atoms with E-state index in [9.17, 15) is 0 Å². The van der Waals surface area contributed by atoms with E-state index in [0.717, 1.165) is 11.3 Å². The molecule has 1 aromatic carbocycles. The highest BCUT2D eigenvalue weighted by molar-refractivity contribution is 8.41. The maximum Gasteiger partial charge on any atom is 0.101 e. The van der Waals surface area contributed by atoms with Gasteiger partial charge in [0, 0.05) is 5.75 Å². The van der Waals surface area contributed by atoms with Crippen LogP contribution in [-0.2, 0) is 5.75 Å². The Labute approximate surface area is 93.8 Å². The normalized spacial score (nSPS) is 9.62. The Balaban J connectivity index is 2.66. The van der Waals surface area contributed by atoms with E-state index >= 15 is 0 Å². The third-order valence-electron chi connectivity index (χ3n) is 1.55. The first-order valence-corrected chi connectivity index (χ1v) is 5.63. The molecular weight excluding hydrogens is 216 g/mol. The molecule has 1 aromatic rings. The molecule has 0 N–H and O–H groups in total. The summed E-state index contributed by atoms with van der Waals surface area (Å²) in [5.74, 6) is 0.879. The molecule has 68 valence electrons. The predicted octanol–water partition coefficient (Wildman–Crippen LogP) is 3.78. The van der Waals surface area contributed by atoms with Gasteiger partial charge < -0.3 is 0 Å². The molecule has 0 nitrogen and oxygen atoms in total. The van der Waals surface area contributed by atoms with Crippen molar-refractivity contribution < 1.29 is 0 Å². The number of benzene rings is 1. The minimum absolute atomic E-state index is 0.684. The number of hydrogen-bond donors (Lipinski definition) is 1. The van der Waals surface area contributed by atoms with Gasteiger partial charge in [0.15, 0.2) is 0 Å². The minimum atomic E-state index is 0.684. The van der Waals surface area contributed by atoms with Crippen molar-refractivity contribution in [2.75, 3.05) is 0 Å². The highest BCUT2D eigenvalue weighted by Gasteiger charge is 1.95. The molecular formula is C10H10S3. The molecule has 0 bridgehead atoms. The fourth-order valence-corrected chi connectivity index (χ4v) is 1.80. The van der Waals surface area contributed by atoms with Gasteiger partial charge in [0.1, 0.15) is 3.53 Å². The van der Waals surface area contributed by atoms with Gasteiger partial charge in [-0.3, -0.25) is 0 Å². The topological polar surface area (TPSA) is 0 Å². The summed E-state index contributed by atoms with van der Waals surface area (Å²) in [7, 11) is 0. The van der Waals surface area contributed by atoms with Gasteiger partial charge in [0.25, 0.3) is 0 Å². The molecule has 0 atom stereocenters. The largest absolute Gasteiger partial charge is 0.125 e. The van der Waals surface area contributed by atoms with Crippen LogP contribution in [0, 0.1) is 0 Å². The number of thiocarbonyl (C=S) groups is 1. The van der Waals surface area contributed by atoms with Crippen LogP contribution in [0.15, 0.2) is 30.8 Å². The zero-order chi connectivity index (χ0) is 9.68. The number of rotatable bonds is 3. The Bertz CT molecular complexity index is 318. The van der Waals surface area contributed by atoms with E-state index in [-0.39, 0.29) is 0 Å². The molecule has 0 aliphatic rings. The Morgan fingerprint density at radius 2 is 2.38 bits per heavy atom. The number of hydrogen-bond acceptors (Lipinski definition) is 2. The summed E-state index contributed by atoms with van der Waals surface area (Å²) in [6.45, 7) is 3.72. The number of thiol groups is 1. The van der Waals surface area contributed by atoms with Crippen molar-refractivity contribution >= 4 is 46.2 Å². The highest BCUT2D eigenvalue weighted by atomic mass is 32.2. The summed E-state index contributed by atoms with van der Waals surface area (Å²) in [6.07, 6.45) is 1.84. The van der Waals surface area contributed by atoms with Crippen LogP contribution in [0.1, 0.15) is 11.1 Å². The van der Waals surface area contributed by atoms with E-state index in [1.54, 1.807) is 11.8 Å². The lowest BCUT2D eigenvalue weighted by Gasteiger charge is -2.00. The lowest BCUT2D eigenvalue weighted by atomic mass is 10.1. The molecule has 0 aromatic heterocycles. The standard InChI is InChI=1S/C10H10S3/c1-2-8-4-3-5-9(6-8)7-13-10(11)12/h2-6H,1,7H2,(H,11,12). The molecule has 0 saturated carbocycles. The third-order valence-corrected chi connectivity index (χ3v) is 3.01. The molecule has 13 heavy (non-hydrogen) atoms. The second-order valence-electron chi connectivity index (χ2n) is 2.50. The zero-order valence-corrected chi connectivity index (χ0v) is 9.59. The Hall–Kier alpha value is -0.250. The average molecular weight is 226 g/mol. The Morgan fingerprint density at radius 1 is 1.62 bits per heavy atom. The Morgan fingerprint density at radius 3 is 3.00 bits per heavy atom. The van der Waals surface area contributed by atoms with Crippen LogP contribution in [0.25, 0.3) is 6.08 Å². The molecule has 1 rings (SSSR count). The summed E-state index contributed by atoms with van der Waals surface area (Å²) in [5, 5.41) is 0. The molecule has 0 spiro atoms. The zero-order valence-electron chi connectivity index (χ0n) is 7.06. The minimum Gasteiger partial charge on any atom is -0.125 e. The van der Waals surface area contributed by atoms with Crippen LogP contribution in [0.5, 0.6) is 0 Å². The summed E-state index contributed by atoms with van der Waals surface area (Å²) < 4.78 is 0.684. The summed E-state index contributed by atoms with van der Waals surface area (Å²) in [5.41, 5.74) is 2.39. The lowest BCUT2D eigenvalue weighted by molar-refractivity contribution is 1.41. The van der Waals surface area contributed by atoms with Gasteiger partial charge in [-0.15, -0.1) is 24.4 Å². The molecule has 0 saturated heterocycles. The first kappa shape index (κ1) is 10.8. The number of thioether (sulfide) groups is 1. The second-order valence-corrected chi connectivity index (χ2v) is 5.21. The molecule has 0 aliphatic heterocycles. The second kappa shape index (κ2) is 5.47. The van der Waals surface area contributed by atoms with Crippen molar-refractivity contribution in [2.45, 2.75) is 5.75 Å². The first-order valence-electron chi connectivity index (χ1n) is 3.79. The van der Waals surface area contributed by atoms with Crippen molar-refractivity contribution in [2.24, 2.45) is 0 Å². The third kappa shape index (κ3) is 3.98. The predicted molar refractivity (Wildman–Crippen MR) is 69.4 cm³/mol.